The van der Waals surface area contributed by atoms with Gasteiger partial charge in [-0.1, -0.05) is 29.8 Å². The first-order valence-electron chi connectivity index (χ1n) is 5.37. The largest absolute Gasteiger partial charge is 0.381 e. The van der Waals surface area contributed by atoms with Crippen molar-refractivity contribution in [1.82, 2.24) is 9.97 Å². The molecule has 1 unspecified atom stereocenters. The van der Waals surface area contributed by atoms with E-state index in [2.05, 4.69) is 9.97 Å². The summed E-state index contributed by atoms with van der Waals surface area (Å²) in [5.74, 6) is 0. The molecule has 5 heteroatoms. The maximum Gasteiger partial charge on any atom is 0.131 e. The zero-order valence-corrected chi connectivity index (χ0v) is 10.8. The summed E-state index contributed by atoms with van der Waals surface area (Å²) in [7, 11) is 0. The number of aliphatic hydroxyl groups excluding tert-OH is 1. The molecule has 0 amide bonds. The maximum atomic E-state index is 10.4. The molecule has 90 valence electrons. The van der Waals surface area contributed by atoms with Crippen molar-refractivity contribution in [2.24, 2.45) is 0 Å². The van der Waals surface area contributed by atoms with Crippen molar-refractivity contribution in [2.75, 3.05) is 0 Å². The molecule has 0 saturated carbocycles. The van der Waals surface area contributed by atoms with Gasteiger partial charge in [0.25, 0.3) is 0 Å². The monoisotopic (exact) mass is 276 g/mol. The van der Waals surface area contributed by atoms with Gasteiger partial charge in [0, 0.05) is 17.8 Å². The molecule has 2 heterocycles. The van der Waals surface area contributed by atoms with Crippen molar-refractivity contribution in [3.63, 3.8) is 0 Å². The molecular formula is C13H9ClN2OS. The van der Waals surface area contributed by atoms with Crippen molar-refractivity contribution >= 4 is 33.7 Å². The topological polar surface area (TPSA) is 46.0 Å². The number of hydrogen-bond acceptors (Lipinski definition) is 4. The van der Waals surface area contributed by atoms with Gasteiger partial charge in [0.15, 0.2) is 0 Å². The van der Waals surface area contributed by atoms with Gasteiger partial charge in [0.2, 0.25) is 0 Å². The van der Waals surface area contributed by atoms with Gasteiger partial charge in [0.05, 0.1) is 6.20 Å². The lowest BCUT2D eigenvalue weighted by atomic mass is 10.0. The van der Waals surface area contributed by atoms with E-state index in [0.29, 0.717) is 9.34 Å². The van der Waals surface area contributed by atoms with Crippen molar-refractivity contribution in [2.45, 2.75) is 6.10 Å². The van der Waals surface area contributed by atoms with Crippen LogP contribution in [-0.4, -0.2) is 15.1 Å². The molecule has 1 aromatic carbocycles. The molecule has 0 aliphatic carbocycles. The van der Waals surface area contributed by atoms with Gasteiger partial charge < -0.3 is 5.11 Å². The van der Waals surface area contributed by atoms with Crippen molar-refractivity contribution in [3.8, 4) is 0 Å². The van der Waals surface area contributed by atoms with Crippen LogP contribution in [0.2, 0.25) is 4.34 Å². The Morgan fingerprint density at radius 3 is 2.89 bits per heavy atom. The molecule has 3 nitrogen and oxygen atoms in total. The van der Waals surface area contributed by atoms with Gasteiger partial charge >= 0.3 is 0 Å². The van der Waals surface area contributed by atoms with Crippen molar-refractivity contribution in [1.29, 1.82) is 0 Å². The second-order valence-electron chi connectivity index (χ2n) is 3.85. The van der Waals surface area contributed by atoms with E-state index in [1.807, 2.05) is 24.3 Å². The fourth-order valence-corrected chi connectivity index (χ4v) is 2.84. The molecule has 0 bridgehead atoms. The number of pyridine rings is 1. The van der Waals surface area contributed by atoms with Crippen LogP contribution in [0.3, 0.4) is 0 Å². The van der Waals surface area contributed by atoms with Crippen LogP contribution in [0.5, 0.6) is 0 Å². The summed E-state index contributed by atoms with van der Waals surface area (Å²) >= 11 is 7.13. The highest BCUT2D eigenvalue weighted by molar-refractivity contribution is 7.15. The fourth-order valence-electron chi connectivity index (χ4n) is 1.90. The third kappa shape index (κ3) is 1.99. The van der Waals surface area contributed by atoms with Crippen LogP contribution in [0.1, 0.15) is 16.7 Å². The Morgan fingerprint density at radius 2 is 2.11 bits per heavy atom. The minimum absolute atomic E-state index is 0.572. The highest BCUT2D eigenvalue weighted by atomic mass is 35.5. The number of aromatic nitrogens is 2. The van der Waals surface area contributed by atoms with Crippen LogP contribution >= 0.6 is 22.9 Å². The van der Waals surface area contributed by atoms with Gasteiger partial charge in [-0.05, 0) is 17.0 Å². The first-order chi connectivity index (χ1) is 8.75. The Balaban J connectivity index is 2.14. The average Bonchev–Trinajstić information content (AvgIpc) is 2.84. The summed E-state index contributed by atoms with van der Waals surface area (Å²) in [6, 6.07) is 7.70. The van der Waals surface area contributed by atoms with E-state index < -0.39 is 6.10 Å². The second-order valence-corrected chi connectivity index (χ2v) is 5.54. The summed E-state index contributed by atoms with van der Waals surface area (Å²) in [4.78, 5) is 8.22. The van der Waals surface area contributed by atoms with E-state index in [1.165, 1.54) is 11.3 Å². The molecular weight excluding hydrogens is 268 g/mol. The van der Waals surface area contributed by atoms with Gasteiger partial charge in [0.1, 0.15) is 15.4 Å². The van der Waals surface area contributed by atoms with E-state index in [9.17, 15) is 5.11 Å². The number of hydrogen-bond donors (Lipinski definition) is 1. The fraction of sp³-hybridized carbons (Fsp3) is 0.0769. The predicted molar refractivity (Wildman–Crippen MR) is 72.9 cm³/mol. The maximum absolute atomic E-state index is 10.4. The Bertz CT molecular complexity index is 693. The summed E-state index contributed by atoms with van der Waals surface area (Å²) < 4.78 is 0.572. The molecule has 1 N–H and O–H groups in total. The van der Waals surface area contributed by atoms with Crippen LogP contribution in [0.15, 0.2) is 42.9 Å². The summed E-state index contributed by atoms with van der Waals surface area (Å²) in [5.41, 5.74) is 0.798. The van der Waals surface area contributed by atoms with Crippen molar-refractivity contribution in [3.05, 3.63) is 57.8 Å². The molecule has 2 aromatic heterocycles. The lowest BCUT2D eigenvalue weighted by Gasteiger charge is -2.10. The Labute approximate surface area is 113 Å². The minimum Gasteiger partial charge on any atom is -0.381 e. The predicted octanol–water partition coefficient (Wildman–Crippen LogP) is 3.43. The first-order valence-corrected chi connectivity index (χ1v) is 6.57. The SMILES string of the molecule is OC(c1ncc(Cl)s1)c1cccc2ccncc12. The molecule has 0 aliphatic rings. The lowest BCUT2D eigenvalue weighted by molar-refractivity contribution is 0.221. The number of rotatable bonds is 2. The number of thiazole rings is 1. The van der Waals surface area contributed by atoms with Gasteiger partial charge in [-0.2, -0.15) is 0 Å². The van der Waals surface area contributed by atoms with Gasteiger partial charge in [-0.25, -0.2) is 4.98 Å². The third-order valence-electron chi connectivity index (χ3n) is 2.74. The van der Waals surface area contributed by atoms with Crippen molar-refractivity contribution < 1.29 is 5.11 Å². The van der Waals surface area contributed by atoms with E-state index in [1.54, 1.807) is 18.6 Å². The normalized spacial score (nSPS) is 12.8. The number of nitrogens with zero attached hydrogens (tertiary/aromatic N) is 2. The Hall–Kier alpha value is -1.49. The smallest absolute Gasteiger partial charge is 0.131 e. The van der Waals surface area contributed by atoms with Crippen LogP contribution < -0.4 is 0 Å². The number of aliphatic hydroxyl groups is 1. The Kier molecular flexibility index (Phi) is 2.99. The first kappa shape index (κ1) is 11.6. The summed E-state index contributed by atoms with van der Waals surface area (Å²) in [6.45, 7) is 0. The van der Waals surface area contributed by atoms with E-state index in [4.69, 9.17) is 11.6 Å². The van der Waals surface area contributed by atoms with Crippen LogP contribution in [-0.2, 0) is 0 Å². The van der Waals surface area contributed by atoms with E-state index in [0.717, 1.165) is 16.3 Å². The highest BCUT2D eigenvalue weighted by Crippen LogP contribution is 2.31. The molecule has 0 saturated heterocycles. The zero-order valence-electron chi connectivity index (χ0n) is 9.25. The third-order valence-corrected chi connectivity index (χ3v) is 3.91. The lowest BCUT2D eigenvalue weighted by Crippen LogP contribution is -1.99. The Morgan fingerprint density at radius 1 is 1.22 bits per heavy atom. The van der Waals surface area contributed by atoms with Crippen LogP contribution in [0, 0.1) is 0 Å². The standard InChI is InChI=1S/C13H9ClN2OS/c14-11-7-16-13(18-11)12(17)9-3-1-2-8-4-5-15-6-10(8)9/h1-7,12,17H. The van der Waals surface area contributed by atoms with E-state index in [-0.39, 0.29) is 0 Å². The second kappa shape index (κ2) is 4.65. The molecule has 0 spiro atoms. The quantitative estimate of drug-likeness (QED) is 0.780. The van der Waals surface area contributed by atoms with E-state index >= 15 is 0 Å². The molecule has 0 radical (unpaired) electrons. The average molecular weight is 277 g/mol. The molecule has 18 heavy (non-hydrogen) atoms. The van der Waals surface area contributed by atoms with Gasteiger partial charge in [-0.15, -0.1) is 11.3 Å². The number of fused-ring (bicyclic) bond motifs is 1. The highest BCUT2D eigenvalue weighted by Gasteiger charge is 2.16. The number of halogens is 1. The molecule has 3 aromatic rings. The summed E-state index contributed by atoms with van der Waals surface area (Å²) in [5, 5.41) is 12.9. The molecule has 0 fully saturated rings. The minimum atomic E-state index is -0.768. The molecule has 1 atom stereocenters. The summed E-state index contributed by atoms with van der Waals surface area (Å²) in [6.07, 6.45) is 4.27. The molecule has 3 rings (SSSR count). The zero-order chi connectivity index (χ0) is 12.5. The number of benzene rings is 1. The van der Waals surface area contributed by atoms with Gasteiger partial charge in [-0.3, -0.25) is 4.98 Å². The van der Waals surface area contributed by atoms with Crippen LogP contribution in [0.25, 0.3) is 10.8 Å². The molecule has 0 aliphatic heterocycles. The van der Waals surface area contributed by atoms with Crippen LogP contribution in [0.4, 0.5) is 0 Å².